The summed E-state index contributed by atoms with van der Waals surface area (Å²) in [6, 6.07) is 28.4. The van der Waals surface area contributed by atoms with Crippen LogP contribution in [0.15, 0.2) is 96.4 Å². The number of fused-ring (bicyclic) bond motifs is 4. The fourth-order valence-electron chi connectivity index (χ4n) is 5.24. The van der Waals surface area contributed by atoms with Crippen LogP contribution in [-0.2, 0) is 11.4 Å². The van der Waals surface area contributed by atoms with Gasteiger partial charge in [-0.3, -0.25) is 0 Å². The van der Waals surface area contributed by atoms with E-state index in [2.05, 4.69) is 46.4 Å². The van der Waals surface area contributed by atoms with Crippen LogP contribution in [-0.4, -0.2) is 35.1 Å². The van der Waals surface area contributed by atoms with Crippen LogP contribution >= 0.6 is 0 Å². The molecule has 0 fully saturated rings. The summed E-state index contributed by atoms with van der Waals surface area (Å²) in [7, 11) is 0. The molecule has 0 bridgehead atoms. The zero-order valence-corrected chi connectivity index (χ0v) is 22.9. The first-order valence-electron chi connectivity index (χ1n) is 13.4. The molecule has 1 aliphatic rings. The maximum atomic E-state index is 6.48. The number of aryl methyl sites for hydroxylation is 2. The first kappa shape index (κ1) is 24.7. The summed E-state index contributed by atoms with van der Waals surface area (Å²) in [5.74, 6) is 1.42. The molecule has 0 N–H and O–H groups in total. The fraction of sp³-hybridized carbons (Fsp3) is 0.156. The number of benzene rings is 3. The topological polar surface area (TPSA) is 91.7 Å². The fourth-order valence-corrected chi connectivity index (χ4v) is 5.24. The summed E-state index contributed by atoms with van der Waals surface area (Å²) in [5.41, 5.74) is 8.31. The van der Waals surface area contributed by atoms with Gasteiger partial charge in [-0.25, -0.2) is 19.2 Å². The molecule has 41 heavy (non-hydrogen) atoms. The Morgan fingerprint density at radius 2 is 1.63 bits per heavy atom. The Kier molecular flexibility index (Phi) is 6.04. The van der Waals surface area contributed by atoms with Gasteiger partial charge in [-0.05, 0) is 44.0 Å². The molecule has 0 saturated carbocycles. The first-order chi connectivity index (χ1) is 20.1. The van der Waals surface area contributed by atoms with E-state index in [1.165, 1.54) is 5.56 Å². The zero-order valence-electron chi connectivity index (χ0n) is 22.9. The third kappa shape index (κ3) is 4.41. The molecule has 202 valence electrons. The first-order valence-corrected chi connectivity index (χ1v) is 13.4. The van der Waals surface area contributed by atoms with Crippen molar-refractivity contribution in [2.45, 2.75) is 33.3 Å². The predicted molar refractivity (Wildman–Crippen MR) is 155 cm³/mol. The summed E-state index contributed by atoms with van der Waals surface area (Å²) in [4.78, 5) is 15.2. The van der Waals surface area contributed by atoms with Crippen molar-refractivity contribution in [2.24, 2.45) is 5.16 Å². The van der Waals surface area contributed by atoms with Crippen LogP contribution in [0.5, 0.6) is 11.8 Å². The smallest absolute Gasteiger partial charge is 0.230 e. The van der Waals surface area contributed by atoms with Gasteiger partial charge in [0, 0.05) is 0 Å². The lowest BCUT2D eigenvalue weighted by Crippen LogP contribution is -2.16. The van der Waals surface area contributed by atoms with E-state index in [1.807, 2.05) is 79.2 Å². The molecule has 1 atom stereocenters. The zero-order chi connectivity index (χ0) is 27.9. The van der Waals surface area contributed by atoms with Crippen LogP contribution in [0.4, 0.5) is 0 Å². The molecule has 0 aliphatic carbocycles. The van der Waals surface area contributed by atoms with Crippen molar-refractivity contribution in [3.05, 3.63) is 131 Å². The van der Waals surface area contributed by atoms with Crippen LogP contribution < -0.4 is 4.74 Å². The van der Waals surface area contributed by atoms with Gasteiger partial charge in [0.05, 0.1) is 34.1 Å². The number of oxime groups is 1. The van der Waals surface area contributed by atoms with Gasteiger partial charge in [0.25, 0.3) is 0 Å². The third-order valence-corrected chi connectivity index (χ3v) is 7.26. The van der Waals surface area contributed by atoms with Crippen LogP contribution in [0, 0.1) is 13.8 Å². The van der Waals surface area contributed by atoms with Crippen LogP contribution in [0.25, 0.3) is 11.3 Å². The highest BCUT2D eigenvalue weighted by molar-refractivity contribution is 5.98. The van der Waals surface area contributed by atoms with Crippen molar-refractivity contribution in [3.8, 4) is 17.4 Å². The Morgan fingerprint density at radius 1 is 0.902 bits per heavy atom. The second kappa shape index (κ2) is 10.0. The Bertz CT molecular complexity index is 1890. The molecule has 1 aliphatic heterocycles. The Balaban J connectivity index is 1.29. The van der Waals surface area contributed by atoms with Gasteiger partial charge >= 0.3 is 0 Å². The van der Waals surface area contributed by atoms with Gasteiger partial charge in [-0.1, -0.05) is 83.5 Å². The van der Waals surface area contributed by atoms with E-state index in [0.29, 0.717) is 23.2 Å². The van der Waals surface area contributed by atoms with Gasteiger partial charge in [0.2, 0.25) is 11.8 Å². The lowest BCUT2D eigenvalue weighted by Gasteiger charge is -2.26. The standard InChI is InChI=1S/C32H27N7O2/c1-20-14-16-23(17-15-20)21(2)37-40-18-26-34-30-29-28(24-10-6-4-7-11-24)27-22(3)35-39(25-12-8-5-9-13-25)32(27)41-31(29)33-19-38(30)36-26/h4-17,19,28H,18H2,1-3H3/b37-21+/t28-/m0/s1. The van der Waals surface area contributed by atoms with E-state index in [1.54, 1.807) is 10.8 Å². The summed E-state index contributed by atoms with van der Waals surface area (Å²) < 4.78 is 9.99. The quantitative estimate of drug-likeness (QED) is 0.185. The van der Waals surface area contributed by atoms with Crippen LogP contribution in [0.1, 0.15) is 52.2 Å². The van der Waals surface area contributed by atoms with Gasteiger partial charge in [0.1, 0.15) is 6.33 Å². The van der Waals surface area contributed by atoms with E-state index in [4.69, 9.17) is 19.7 Å². The molecule has 3 aromatic heterocycles. The highest BCUT2D eigenvalue weighted by atomic mass is 16.6. The molecule has 3 aromatic carbocycles. The normalized spacial score (nSPS) is 14.4. The number of para-hydroxylation sites is 1. The molecule has 0 radical (unpaired) electrons. The average molecular weight is 542 g/mol. The van der Waals surface area contributed by atoms with E-state index < -0.39 is 0 Å². The third-order valence-electron chi connectivity index (χ3n) is 7.26. The van der Waals surface area contributed by atoms with E-state index in [9.17, 15) is 0 Å². The summed E-state index contributed by atoms with van der Waals surface area (Å²) >= 11 is 0. The maximum Gasteiger partial charge on any atom is 0.230 e. The van der Waals surface area contributed by atoms with Crippen molar-refractivity contribution in [3.63, 3.8) is 0 Å². The van der Waals surface area contributed by atoms with Gasteiger partial charge in [-0.15, -0.1) is 5.10 Å². The second-order valence-electron chi connectivity index (χ2n) is 10.1. The number of hydrogen-bond acceptors (Lipinski definition) is 7. The predicted octanol–water partition coefficient (Wildman–Crippen LogP) is 6.15. The number of ether oxygens (including phenoxy) is 1. The SMILES string of the molecule is C/C(=N\OCc1nc2c3c(ncn2n1)Oc1c(c(C)nn1-c1ccccc1)[C@@H]3c1ccccc1)c1ccc(C)cc1. The molecule has 7 rings (SSSR count). The molecule has 0 amide bonds. The molecule has 0 unspecified atom stereocenters. The Morgan fingerprint density at radius 3 is 2.39 bits per heavy atom. The maximum absolute atomic E-state index is 6.48. The van der Waals surface area contributed by atoms with Crippen molar-refractivity contribution in [1.29, 1.82) is 0 Å². The van der Waals surface area contributed by atoms with Crippen LogP contribution in [0.3, 0.4) is 0 Å². The van der Waals surface area contributed by atoms with Gasteiger partial charge in [-0.2, -0.15) is 5.10 Å². The van der Waals surface area contributed by atoms with Crippen molar-refractivity contribution in [2.75, 3.05) is 0 Å². The molecule has 4 heterocycles. The van der Waals surface area contributed by atoms with Crippen molar-refractivity contribution < 1.29 is 9.57 Å². The Hall–Kier alpha value is -5.31. The lowest BCUT2D eigenvalue weighted by atomic mass is 9.84. The monoisotopic (exact) mass is 541 g/mol. The van der Waals surface area contributed by atoms with Crippen molar-refractivity contribution in [1.82, 2.24) is 29.4 Å². The summed E-state index contributed by atoms with van der Waals surface area (Å²) in [6.07, 6.45) is 1.62. The minimum absolute atomic E-state index is 0.118. The molecular formula is C32H27N7O2. The van der Waals surface area contributed by atoms with Gasteiger partial charge in [0.15, 0.2) is 18.1 Å². The lowest BCUT2D eigenvalue weighted by molar-refractivity contribution is 0.125. The minimum Gasteiger partial charge on any atom is -0.420 e. The Labute approximate surface area is 236 Å². The molecule has 0 saturated heterocycles. The minimum atomic E-state index is -0.205. The number of rotatable bonds is 6. The average Bonchev–Trinajstić information content (AvgIpc) is 3.57. The van der Waals surface area contributed by atoms with E-state index >= 15 is 0 Å². The van der Waals surface area contributed by atoms with Crippen LogP contribution in [0.2, 0.25) is 0 Å². The number of nitrogens with zero attached hydrogens (tertiary/aromatic N) is 7. The van der Waals surface area contributed by atoms with Gasteiger partial charge < -0.3 is 9.57 Å². The summed E-state index contributed by atoms with van der Waals surface area (Å²) in [5, 5.41) is 13.8. The molecule has 0 spiro atoms. The summed E-state index contributed by atoms with van der Waals surface area (Å²) in [6.45, 7) is 6.10. The molecule has 9 heteroatoms. The molecule has 9 nitrogen and oxygen atoms in total. The molecule has 6 aromatic rings. The highest BCUT2D eigenvalue weighted by Crippen LogP contribution is 2.49. The van der Waals surface area contributed by atoms with E-state index in [0.717, 1.165) is 39.3 Å². The highest BCUT2D eigenvalue weighted by Gasteiger charge is 2.38. The van der Waals surface area contributed by atoms with E-state index in [-0.39, 0.29) is 12.5 Å². The largest absolute Gasteiger partial charge is 0.420 e. The number of hydrogen-bond donors (Lipinski definition) is 0. The van der Waals surface area contributed by atoms with Crippen molar-refractivity contribution >= 4 is 11.4 Å². The molecular weight excluding hydrogens is 514 g/mol. The number of aromatic nitrogens is 6. The second-order valence-corrected chi connectivity index (χ2v) is 10.1.